The molecule has 0 aliphatic heterocycles. The van der Waals surface area contributed by atoms with E-state index >= 15 is 0 Å². The van der Waals surface area contributed by atoms with Crippen LogP contribution >= 0.6 is 22.7 Å². The van der Waals surface area contributed by atoms with Gasteiger partial charge in [-0.2, -0.15) is 0 Å². The summed E-state index contributed by atoms with van der Waals surface area (Å²) in [5.41, 5.74) is 2.24. The maximum Gasteiger partial charge on any atom is 0.341 e. The zero-order valence-corrected chi connectivity index (χ0v) is 17.0. The molecule has 0 atom stereocenters. The van der Waals surface area contributed by atoms with Gasteiger partial charge in [-0.25, -0.2) is 4.79 Å². The number of amides is 1. The van der Waals surface area contributed by atoms with Crippen molar-refractivity contribution in [3.8, 4) is 0 Å². The number of esters is 1. The van der Waals surface area contributed by atoms with Crippen LogP contribution in [-0.4, -0.2) is 30.8 Å². The van der Waals surface area contributed by atoms with Gasteiger partial charge in [-0.15, -0.1) is 22.7 Å². The van der Waals surface area contributed by atoms with E-state index in [0.717, 1.165) is 46.7 Å². The molecule has 0 unspecified atom stereocenters. The van der Waals surface area contributed by atoms with Crippen LogP contribution in [0.3, 0.4) is 0 Å². The van der Waals surface area contributed by atoms with Crippen molar-refractivity contribution in [1.82, 2.24) is 0 Å². The minimum Gasteiger partial charge on any atom is -0.462 e. The highest BCUT2D eigenvalue weighted by Crippen LogP contribution is 2.38. The van der Waals surface area contributed by atoms with Crippen molar-refractivity contribution < 1.29 is 19.2 Å². The Morgan fingerprint density at radius 1 is 1.30 bits per heavy atom. The summed E-state index contributed by atoms with van der Waals surface area (Å²) < 4.78 is 5.19. The maximum atomic E-state index is 12.4. The fraction of sp³-hybridized carbons (Fsp3) is 0.421. The molecule has 0 radical (unpaired) electrons. The highest BCUT2D eigenvalue weighted by Gasteiger charge is 2.27. The van der Waals surface area contributed by atoms with E-state index < -0.39 is 0 Å². The Hall–Kier alpha value is -2.19. The number of oxime groups is 1. The van der Waals surface area contributed by atoms with Crippen LogP contribution in [0.4, 0.5) is 5.00 Å². The summed E-state index contributed by atoms with van der Waals surface area (Å²) in [7, 11) is 0. The SMILES string of the molecule is CCOC(=O)c1c(NC(=O)CO/N=C(\C)c2cccs2)sc2c1CCCC2. The van der Waals surface area contributed by atoms with Crippen molar-refractivity contribution in [2.75, 3.05) is 18.5 Å². The quantitative estimate of drug-likeness (QED) is 0.424. The van der Waals surface area contributed by atoms with E-state index in [-0.39, 0.29) is 18.5 Å². The molecule has 6 nitrogen and oxygen atoms in total. The van der Waals surface area contributed by atoms with Crippen LogP contribution in [0.5, 0.6) is 0 Å². The number of ether oxygens (including phenoxy) is 1. The first-order valence-electron chi connectivity index (χ1n) is 8.92. The van der Waals surface area contributed by atoms with E-state index in [4.69, 9.17) is 9.57 Å². The Morgan fingerprint density at radius 3 is 2.85 bits per heavy atom. The predicted molar refractivity (Wildman–Crippen MR) is 108 cm³/mol. The van der Waals surface area contributed by atoms with E-state index in [1.54, 1.807) is 18.3 Å². The molecule has 2 aromatic heterocycles. The molecular weight excluding hydrogens is 384 g/mol. The number of anilines is 1. The Balaban J connectivity index is 1.67. The van der Waals surface area contributed by atoms with Crippen LogP contribution < -0.4 is 5.32 Å². The summed E-state index contributed by atoms with van der Waals surface area (Å²) >= 11 is 3.02. The first-order chi connectivity index (χ1) is 13.1. The average molecular weight is 407 g/mol. The Labute approximate surface area is 166 Å². The molecule has 2 aromatic rings. The third kappa shape index (κ3) is 4.75. The lowest BCUT2D eigenvalue weighted by Crippen LogP contribution is -2.19. The van der Waals surface area contributed by atoms with Crippen LogP contribution in [0, 0.1) is 0 Å². The van der Waals surface area contributed by atoms with Gasteiger partial charge >= 0.3 is 5.97 Å². The second kappa shape index (κ2) is 9.14. The molecule has 0 fully saturated rings. The van der Waals surface area contributed by atoms with Crippen molar-refractivity contribution in [3.05, 3.63) is 38.4 Å². The van der Waals surface area contributed by atoms with Crippen molar-refractivity contribution in [3.63, 3.8) is 0 Å². The van der Waals surface area contributed by atoms with Gasteiger partial charge < -0.3 is 14.9 Å². The van der Waals surface area contributed by atoms with Crippen molar-refractivity contribution >= 4 is 45.3 Å². The van der Waals surface area contributed by atoms with Crippen LogP contribution in [0.2, 0.25) is 0 Å². The molecule has 0 bridgehead atoms. The third-order valence-corrected chi connectivity index (χ3v) is 6.36. The lowest BCUT2D eigenvalue weighted by molar-refractivity contribution is -0.120. The first kappa shape index (κ1) is 19.6. The monoisotopic (exact) mass is 406 g/mol. The van der Waals surface area contributed by atoms with Gasteiger partial charge in [-0.1, -0.05) is 11.2 Å². The van der Waals surface area contributed by atoms with E-state index in [2.05, 4.69) is 10.5 Å². The van der Waals surface area contributed by atoms with Gasteiger partial charge in [0.25, 0.3) is 5.91 Å². The Bertz CT molecular complexity index is 840. The van der Waals surface area contributed by atoms with Gasteiger partial charge in [-0.05, 0) is 56.5 Å². The zero-order chi connectivity index (χ0) is 19.2. The number of thiophene rings is 2. The van der Waals surface area contributed by atoms with E-state index in [9.17, 15) is 9.59 Å². The highest BCUT2D eigenvalue weighted by atomic mass is 32.1. The lowest BCUT2D eigenvalue weighted by atomic mass is 9.95. The molecule has 2 heterocycles. The normalized spacial score (nSPS) is 13.8. The second-order valence-electron chi connectivity index (χ2n) is 6.11. The van der Waals surface area contributed by atoms with Crippen molar-refractivity contribution in [1.29, 1.82) is 0 Å². The summed E-state index contributed by atoms with van der Waals surface area (Å²) in [6, 6.07) is 3.87. The molecule has 27 heavy (non-hydrogen) atoms. The van der Waals surface area contributed by atoms with Gasteiger partial charge in [-0.3, -0.25) is 4.79 Å². The fourth-order valence-corrected chi connectivity index (χ4v) is 4.92. The van der Waals surface area contributed by atoms with E-state index in [0.29, 0.717) is 17.2 Å². The number of aryl methyl sites for hydroxylation is 1. The summed E-state index contributed by atoms with van der Waals surface area (Å²) in [6.07, 6.45) is 3.92. The number of carbonyl (C=O) groups excluding carboxylic acids is 2. The van der Waals surface area contributed by atoms with Crippen LogP contribution in [0.25, 0.3) is 0 Å². The molecule has 144 valence electrons. The number of hydrogen-bond donors (Lipinski definition) is 1. The van der Waals surface area contributed by atoms with Gasteiger partial charge in [0.2, 0.25) is 0 Å². The molecule has 1 aliphatic carbocycles. The average Bonchev–Trinajstić information content (AvgIpc) is 3.29. The van der Waals surface area contributed by atoms with Gasteiger partial charge in [0.15, 0.2) is 6.61 Å². The van der Waals surface area contributed by atoms with Gasteiger partial charge in [0.1, 0.15) is 5.00 Å². The van der Waals surface area contributed by atoms with Crippen molar-refractivity contribution in [2.24, 2.45) is 5.16 Å². The van der Waals surface area contributed by atoms with Gasteiger partial charge in [0.05, 0.1) is 22.8 Å². The number of rotatable bonds is 7. The number of nitrogens with zero attached hydrogens (tertiary/aromatic N) is 1. The smallest absolute Gasteiger partial charge is 0.341 e. The van der Waals surface area contributed by atoms with Crippen LogP contribution in [0.15, 0.2) is 22.7 Å². The zero-order valence-electron chi connectivity index (χ0n) is 15.4. The number of nitrogens with one attached hydrogen (secondary N) is 1. The fourth-order valence-electron chi connectivity index (χ4n) is 2.95. The number of carbonyl (C=O) groups is 2. The standard InChI is InChI=1S/C19H22N2O4S2/c1-3-24-19(23)17-13-7-4-5-8-15(13)27-18(17)20-16(22)11-25-21-12(2)14-9-6-10-26-14/h6,9-10H,3-5,7-8,11H2,1-2H3,(H,20,22)/b21-12+. The van der Waals surface area contributed by atoms with Crippen LogP contribution in [-0.2, 0) is 27.2 Å². The first-order valence-corrected chi connectivity index (χ1v) is 10.6. The molecule has 1 amide bonds. The molecule has 3 rings (SSSR count). The minimum absolute atomic E-state index is 0.215. The summed E-state index contributed by atoms with van der Waals surface area (Å²) in [4.78, 5) is 32.0. The van der Waals surface area contributed by atoms with Gasteiger partial charge in [0, 0.05) is 4.88 Å². The molecular formula is C19H22N2O4S2. The Morgan fingerprint density at radius 2 is 2.11 bits per heavy atom. The largest absolute Gasteiger partial charge is 0.462 e. The number of hydrogen-bond acceptors (Lipinski definition) is 7. The molecule has 1 aliphatic rings. The topological polar surface area (TPSA) is 77.0 Å². The predicted octanol–water partition coefficient (Wildman–Crippen LogP) is 4.24. The van der Waals surface area contributed by atoms with E-state index in [1.165, 1.54) is 11.3 Å². The van der Waals surface area contributed by atoms with Crippen molar-refractivity contribution in [2.45, 2.75) is 39.5 Å². The second-order valence-corrected chi connectivity index (χ2v) is 8.16. The maximum absolute atomic E-state index is 12.4. The van der Waals surface area contributed by atoms with E-state index in [1.807, 2.05) is 24.4 Å². The molecule has 0 spiro atoms. The number of fused-ring (bicyclic) bond motifs is 1. The molecule has 1 N–H and O–H groups in total. The molecule has 0 saturated carbocycles. The summed E-state index contributed by atoms with van der Waals surface area (Å²) in [5.74, 6) is -0.721. The van der Waals surface area contributed by atoms with Crippen LogP contribution in [0.1, 0.15) is 52.4 Å². The highest BCUT2D eigenvalue weighted by molar-refractivity contribution is 7.17. The Kier molecular flexibility index (Phi) is 6.63. The summed E-state index contributed by atoms with van der Waals surface area (Å²) in [6.45, 7) is 3.69. The molecule has 0 aromatic carbocycles. The molecule has 0 saturated heterocycles. The molecule has 8 heteroatoms. The third-order valence-electron chi connectivity index (χ3n) is 4.18. The lowest BCUT2D eigenvalue weighted by Gasteiger charge is -2.12. The minimum atomic E-state index is -0.375. The summed E-state index contributed by atoms with van der Waals surface area (Å²) in [5, 5.41) is 9.28.